The molecular formula is C10H13NO4. The van der Waals surface area contributed by atoms with Crippen molar-refractivity contribution in [3.8, 4) is 0 Å². The molecule has 0 aromatic rings. The van der Waals surface area contributed by atoms with Crippen molar-refractivity contribution in [2.75, 3.05) is 14.2 Å². The molecule has 1 aliphatic rings. The van der Waals surface area contributed by atoms with Crippen molar-refractivity contribution in [2.45, 2.75) is 6.04 Å². The predicted octanol–water partition coefficient (Wildman–Crippen LogP) is 1.51. The normalized spacial score (nSPS) is 24.9. The van der Waals surface area contributed by atoms with Crippen molar-refractivity contribution in [1.82, 2.24) is 0 Å². The molecule has 0 spiro atoms. The van der Waals surface area contributed by atoms with Gasteiger partial charge in [-0.2, -0.15) is 0 Å². The average Bonchev–Trinajstić information content (AvgIpc) is 2.26. The summed E-state index contributed by atoms with van der Waals surface area (Å²) in [6.07, 6.45) is 4.60. The van der Waals surface area contributed by atoms with Gasteiger partial charge < -0.3 is 9.47 Å². The molecule has 15 heavy (non-hydrogen) atoms. The molecule has 2 atom stereocenters. The Hall–Kier alpha value is -1.78. The predicted molar refractivity (Wildman–Crippen MR) is 54.7 cm³/mol. The lowest BCUT2D eigenvalue weighted by atomic mass is 9.94. The van der Waals surface area contributed by atoms with Crippen LogP contribution in [0.3, 0.4) is 0 Å². The second-order valence-electron chi connectivity index (χ2n) is 3.06. The lowest BCUT2D eigenvalue weighted by Crippen LogP contribution is -2.28. The minimum atomic E-state index is -0.837. The van der Waals surface area contributed by atoms with Crippen LogP contribution < -0.4 is 0 Å². The van der Waals surface area contributed by atoms with Gasteiger partial charge in [-0.1, -0.05) is 6.08 Å². The summed E-state index contributed by atoms with van der Waals surface area (Å²) in [5, 5.41) is 10.8. The first-order chi connectivity index (χ1) is 7.13. The number of hydrogen-bond donors (Lipinski definition) is 0. The smallest absolute Gasteiger partial charge is 0.244 e. The maximum atomic E-state index is 10.8. The molecular weight excluding hydrogens is 198 g/mol. The van der Waals surface area contributed by atoms with Gasteiger partial charge in [0.2, 0.25) is 6.04 Å². The third-order valence-corrected chi connectivity index (χ3v) is 2.26. The molecule has 0 saturated heterocycles. The monoisotopic (exact) mass is 211 g/mol. The lowest BCUT2D eigenvalue weighted by molar-refractivity contribution is -0.514. The molecule has 0 aromatic carbocycles. The van der Waals surface area contributed by atoms with E-state index in [4.69, 9.17) is 9.47 Å². The van der Waals surface area contributed by atoms with Gasteiger partial charge >= 0.3 is 0 Å². The Morgan fingerprint density at radius 3 is 2.33 bits per heavy atom. The van der Waals surface area contributed by atoms with Gasteiger partial charge in [0.05, 0.1) is 20.1 Å². The van der Waals surface area contributed by atoms with E-state index < -0.39 is 6.04 Å². The van der Waals surface area contributed by atoms with E-state index in [1.165, 1.54) is 26.4 Å². The lowest BCUT2D eigenvalue weighted by Gasteiger charge is -2.20. The topological polar surface area (TPSA) is 61.6 Å². The molecule has 2 unspecified atom stereocenters. The summed E-state index contributed by atoms with van der Waals surface area (Å²) >= 11 is 0. The largest absolute Gasteiger partial charge is 0.493 e. The molecule has 0 fully saturated rings. The van der Waals surface area contributed by atoms with Gasteiger partial charge in [-0.15, -0.1) is 6.58 Å². The highest BCUT2D eigenvalue weighted by Gasteiger charge is 2.32. The van der Waals surface area contributed by atoms with E-state index in [0.29, 0.717) is 11.5 Å². The minimum Gasteiger partial charge on any atom is -0.493 e. The summed E-state index contributed by atoms with van der Waals surface area (Å²) in [6.45, 7) is 3.56. The van der Waals surface area contributed by atoms with Gasteiger partial charge in [0.1, 0.15) is 0 Å². The summed E-state index contributed by atoms with van der Waals surface area (Å²) < 4.78 is 10.0. The molecule has 0 radical (unpaired) electrons. The Bertz CT molecular complexity index is 332. The van der Waals surface area contributed by atoms with Gasteiger partial charge in [0, 0.05) is 11.0 Å². The van der Waals surface area contributed by atoms with Crippen LogP contribution in [0, 0.1) is 16.0 Å². The molecule has 0 amide bonds. The molecule has 82 valence electrons. The third-order valence-electron chi connectivity index (χ3n) is 2.26. The number of nitro groups is 1. The maximum absolute atomic E-state index is 10.8. The van der Waals surface area contributed by atoms with Crippen LogP contribution in [-0.2, 0) is 9.47 Å². The Morgan fingerprint density at radius 2 is 1.93 bits per heavy atom. The van der Waals surface area contributed by atoms with Crippen molar-refractivity contribution in [3.63, 3.8) is 0 Å². The number of hydrogen-bond acceptors (Lipinski definition) is 4. The summed E-state index contributed by atoms with van der Waals surface area (Å²) in [4.78, 5) is 10.4. The Morgan fingerprint density at radius 1 is 1.40 bits per heavy atom. The van der Waals surface area contributed by atoms with Crippen LogP contribution in [0.2, 0.25) is 0 Å². The van der Waals surface area contributed by atoms with Crippen LogP contribution >= 0.6 is 0 Å². The molecule has 0 N–H and O–H groups in total. The molecule has 5 heteroatoms. The molecule has 1 aliphatic carbocycles. The van der Waals surface area contributed by atoms with Crippen LogP contribution in [-0.4, -0.2) is 25.2 Å². The van der Waals surface area contributed by atoms with E-state index in [9.17, 15) is 10.1 Å². The molecule has 0 heterocycles. The van der Waals surface area contributed by atoms with Crippen molar-refractivity contribution < 1.29 is 14.4 Å². The number of nitrogens with zero attached hydrogens (tertiary/aromatic N) is 1. The zero-order valence-electron chi connectivity index (χ0n) is 8.67. The van der Waals surface area contributed by atoms with Gasteiger partial charge in [-0.3, -0.25) is 10.1 Å². The first kappa shape index (κ1) is 11.3. The summed E-state index contributed by atoms with van der Waals surface area (Å²) in [7, 11) is 2.94. The van der Waals surface area contributed by atoms with E-state index in [1.807, 2.05) is 0 Å². The first-order valence-corrected chi connectivity index (χ1v) is 4.42. The highest BCUT2D eigenvalue weighted by molar-refractivity contribution is 5.29. The Labute approximate surface area is 87.8 Å². The zero-order chi connectivity index (χ0) is 11.4. The second kappa shape index (κ2) is 4.63. The van der Waals surface area contributed by atoms with E-state index in [2.05, 4.69) is 6.58 Å². The van der Waals surface area contributed by atoms with Gasteiger partial charge in [0.25, 0.3) is 0 Å². The first-order valence-electron chi connectivity index (χ1n) is 4.42. The van der Waals surface area contributed by atoms with E-state index >= 15 is 0 Å². The van der Waals surface area contributed by atoms with Crippen molar-refractivity contribution in [2.24, 2.45) is 5.92 Å². The van der Waals surface area contributed by atoms with Crippen LogP contribution in [0.25, 0.3) is 0 Å². The van der Waals surface area contributed by atoms with Crippen LogP contribution in [0.5, 0.6) is 0 Å². The fraction of sp³-hybridized carbons (Fsp3) is 0.400. The van der Waals surface area contributed by atoms with Gasteiger partial charge in [0.15, 0.2) is 11.5 Å². The van der Waals surface area contributed by atoms with E-state index in [1.54, 1.807) is 6.08 Å². The third kappa shape index (κ3) is 2.18. The number of ether oxygens (including phenoxy) is 2. The van der Waals surface area contributed by atoms with Gasteiger partial charge in [-0.25, -0.2) is 0 Å². The average molecular weight is 211 g/mol. The Balaban J connectivity index is 3.05. The standard InChI is InChI=1S/C10H13NO4/c1-4-7-5-9(14-2)10(15-3)6-8(7)11(12)13/h4-8H,1H2,2-3H3. The van der Waals surface area contributed by atoms with Crippen LogP contribution in [0.4, 0.5) is 0 Å². The van der Waals surface area contributed by atoms with E-state index in [0.717, 1.165) is 0 Å². The van der Waals surface area contributed by atoms with Crippen molar-refractivity contribution >= 4 is 0 Å². The SMILES string of the molecule is C=CC1C=C(OC)C(OC)=CC1[N+](=O)[O-]. The van der Waals surface area contributed by atoms with Crippen molar-refractivity contribution in [3.05, 3.63) is 46.4 Å². The second-order valence-corrected chi connectivity index (χ2v) is 3.06. The fourth-order valence-electron chi connectivity index (χ4n) is 1.45. The van der Waals surface area contributed by atoms with Crippen LogP contribution in [0.1, 0.15) is 0 Å². The highest BCUT2D eigenvalue weighted by atomic mass is 16.6. The van der Waals surface area contributed by atoms with Gasteiger partial charge in [-0.05, 0) is 6.08 Å². The van der Waals surface area contributed by atoms with Crippen LogP contribution in [0.15, 0.2) is 36.3 Å². The minimum absolute atomic E-state index is 0.367. The molecule has 1 rings (SSSR count). The fourth-order valence-corrected chi connectivity index (χ4v) is 1.45. The highest BCUT2D eigenvalue weighted by Crippen LogP contribution is 2.26. The van der Waals surface area contributed by atoms with Crippen molar-refractivity contribution in [1.29, 1.82) is 0 Å². The molecule has 0 bridgehead atoms. The number of rotatable bonds is 4. The maximum Gasteiger partial charge on any atom is 0.244 e. The molecule has 0 aliphatic heterocycles. The summed E-state index contributed by atoms with van der Waals surface area (Å²) in [5.41, 5.74) is 0. The molecule has 0 saturated carbocycles. The van der Waals surface area contributed by atoms with E-state index in [-0.39, 0.29) is 10.8 Å². The molecule has 0 aromatic heterocycles. The summed E-state index contributed by atoms with van der Waals surface area (Å²) in [6, 6.07) is -0.837. The molecule has 5 nitrogen and oxygen atoms in total. The Kier molecular flexibility index (Phi) is 3.49. The quantitative estimate of drug-likeness (QED) is 0.401. The summed E-state index contributed by atoms with van der Waals surface area (Å²) in [5.74, 6) is 0.520. The zero-order valence-corrected chi connectivity index (χ0v) is 8.67. The number of methoxy groups -OCH3 is 2.